The first-order valence-electron chi connectivity index (χ1n) is 6.36. The average Bonchev–Trinajstić information content (AvgIpc) is 3.16. The van der Waals surface area contributed by atoms with E-state index in [1.54, 1.807) is 0 Å². The van der Waals surface area contributed by atoms with Gasteiger partial charge in [-0.15, -0.1) is 0 Å². The molecule has 2 rings (SSSR count). The molecule has 1 aliphatic carbocycles. The zero-order valence-corrected chi connectivity index (χ0v) is 10.5. The zero-order valence-electron chi connectivity index (χ0n) is 10.5. The standard InChI is InChI=1S/C12H22N2O3/c1-16-11(15)12(2-3-12)10-13-4-5-14-6-8-17-9-7-14/h13H,2-10H2,1H3. The monoisotopic (exact) mass is 242 g/mol. The molecule has 2 fully saturated rings. The first kappa shape index (κ1) is 12.8. The molecule has 0 amide bonds. The number of carbonyl (C=O) groups excluding carboxylic acids is 1. The molecular weight excluding hydrogens is 220 g/mol. The van der Waals surface area contributed by atoms with Crippen molar-refractivity contribution in [3.8, 4) is 0 Å². The number of hydrogen-bond acceptors (Lipinski definition) is 5. The third kappa shape index (κ3) is 3.40. The summed E-state index contributed by atoms with van der Waals surface area (Å²) < 4.78 is 10.1. The fourth-order valence-electron chi connectivity index (χ4n) is 2.21. The van der Waals surface area contributed by atoms with Crippen molar-refractivity contribution < 1.29 is 14.3 Å². The molecule has 1 heterocycles. The summed E-state index contributed by atoms with van der Waals surface area (Å²) in [4.78, 5) is 13.9. The van der Waals surface area contributed by atoms with Crippen LogP contribution in [0.5, 0.6) is 0 Å². The van der Waals surface area contributed by atoms with E-state index >= 15 is 0 Å². The minimum absolute atomic E-state index is 0.0589. The van der Waals surface area contributed by atoms with E-state index in [1.807, 2.05) is 0 Å². The molecule has 2 aliphatic rings. The number of ether oxygens (including phenoxy) is 2. The van der Waals surface area contributed by atoms with E-state index in [9.17, 15) is 4.79 Å². The molecular formula is C12H22N2O3. The van der Waals surface area contributed by atoms with Crippen LogP contribution in [0.25, 0.3) is 0 Å². The second-order valence-corrected chi connectivity index (χ2v) is 4.90. The molecule has 0 unspecified atom stereocenters. The Hall–Kier alpha value is -0.650. The lowest BCUT2D eigenvalue weighted by molar-refractivity contribution is -0.146. The van der Waals surface area contributed by atoms with Gasteiger partial charge < -0.3 is 14.8 Å². The Morgan fingerprint density at radius 2 is 2.12 bits per heavy atom. The number of morpholine rings is 1. The van der Waals surface area contributed by atoms with Crippen LogP contribution in [0.15, 0.2) is 0 Å². The molecule has 98 valence electrons. The highest BCUT2D eigenvalue weighted by atomic mass is 16.5. The highest BCUT2D eigenvalue weighted by Gasteiger charge is 2.50. The van der Waals surface area contributed by atoms with Crippen LogP contribution in [0.3, 0.4) is 0 Å². The maximum atomic E-state index is 11.5. The zero-order chi connectivity index (χ0) is 12.1. The van der Waals surface area contributed by atoms with Gasteiger partial charge in [0.2, 0.25) is 0 Å². The van der Waals surface area contributed by atoms with Crippen molar-refractivity contribution in [3.05, 3.63) is 0 Å². The molecule has 0 aromatic carbocycles. The normalized spacial score (nSPS) is 23.4. The first-order chi connectivity index (χ1) is 8.27. The van der Waals surface area contributed by atoms with E-state index in [-0.39, 0.29) is 11.4 Å². The Bertz CT molecular complexity index is 260. The minimum atomic E-state index is -0.209. The van der Waals surface area contributed by atoms with E-state index in [1.165, 1.54) is 7.11 Å². The predicted molar refractivity (Wildman–Crippen MR) is 63.8 cm³/mol. The van der Waals surface area contributed by atoms with E-state index in [4.69, 9.17) is 9.47 Å². The number of carbonyl (C=O) groups is 1. The van der Waals surface area contributed by atoms with Gasteiger partial charge in [-0.2, -0.15) is 0 Å². The average molecular weight is 242 g/mol. The summed E-state index contributed by atoms with van der Waals surface area (Å²) in [5.74, 6) is -0.0589. The third-order valence-corrected chi connectivity index (χ3v) is 3.64. The number of nitrogens with zero attached hydrogens (tertiary/aromatic N) is 1. The van der Waals surface area contributed by atoms with E-state index in [2.05, 4.69) is 10.2 Å². The van der Waals surface area contributed by atoms with E-state index < -0.39 is 0 Å². The van der Waals surface area contributed by atoms with Gasteiger partial charge in [-0.05, 0) is 12.8 Å². The molecule has 1 saturated heterocycles. The van der Waals surface area contributed by atoms with Gasteiger partial charge in [0.1, 0.15) is 0 Å². The summed E-state index contributed by atoms with van der Waals surface area (Å²) in [6.45, 7) is 6.43. The molecule has 1 aliphatic heterocycles. The topological polar surface area (TPSA) is 50.8 Å². The largest absolute Gasteiger partial charge is 0.469 e. The Labute approximate surface area is 102 Å². The van der Waals surface area contributed by atoms with Gasteiger partial charge in [0, 0.05) is 32.7 Å². The molecule has 5 nitrogen and oxygen atoms in total. The maximum Gasteiger partial charge on any atom is 0.313 e. The molecule has 0 radical (unpaired) electrons. The molecule has 1 N–H and O–H groups in total. The van der Waals surface area contributed by atoms with Crippen LogP contribution in [0.1, 0.15) is 12.8 Å². The Balaban J connectivity index is 1.58. The highest BCUT2D eigenvalue weighted by Crippen LogP contribution is 2.45. The summed E-state index contributed by atoms with van der Waals surface area (Å²) >= 11 is 0. The number of hydrogen-bond donors (Lipinski definition) is 1. The van der Waals surface area contributed by atoms with E-state index in [0.717, 1.165) is 58.8 Å². The van der Waals surface area contributed by atoms with Gasteiger partial charge in [0.05, 0.1) is 25.7 Å². The van der Waals surface area contributed by atoms with Crippen LogP contribution in [0.4, 0.5) is 0 Å². The van der Waals surface area contributed by atoms with Crippen molar-refractivity contribution in [2.75, 3.05) is 53.0 Å². The fourth-order valence-corrected chi connectivity index (χ4v) is 2.21. The molecule has 0 spiro atoms. The summed E-state index contributed by atoms with van der Waals surface area (Å²) in [5.41, 5.74) is -0.209. The van der Waals surface area contributed by atoms with Gasteiger partial charge >= 0.3 is 5.97 Å². The van der Waals surface area contributed by atoms with Gasteiger partial charge in [-0.1, -0.05) is 0 Å². The number of rotatable bonds is 6. The second kappa shape index (κ2) is 5.80. The summed E-state index contributed by atoms with van der Waals surface area (Å²) in [7, 11) is 1.47. The maximum absolute atomic E-state index is 11.5. The van der Waals surface area contributed by atoms with Crippen LogP contribution < -0.4 is 5.32 Å². The van der Waals surface area contributed by atoms with Gasteiger partial charge in [-0.3, -0.25) is 9.69 Å². The molecule has 0 aromatic heterocycles. The molecule has 0 bridgehead atoms. The number of esters is 1. The van der Waals surface area contributed by atoms with Gasteiger partial charge in [0.15, 0.2) is 0 Å². The summed E-state index contributed by atoms with van der Waals surface area (Å²) in [5, 5.41) is 3.37. The van der Waals surface area contributed by atoms with Gasteiger partial charge in [-0.25, -0.2) is 0 Å². The van der Waals surface area contributed by atoms with Crippen molar-refractivity contribution in [2.24, 2.45) is 5.41 Å². The minimum Gasteiger partial charge on any atom is -0.469 e. The lowest BCUT2D eigenvalue weighted by Crippen LogP contribution is -2.41. The van der Waals surface area contributed by atoms with Crippen LogP contribution in [-0.4, -0.2) is 63.9 Å². The molecule has 0 atom stereocenters. The van der Waals surface area contributed by atoms with Crippen molar-refractivity contribution in [1.29, 1.82) is 0 Å². The molecule has 1 saturated carbocycles. The van der Waals surface area contributed by atoms with Crippen molar-refractivity contribution >= 4 is 5.97 Å². The molecule has 17 heavy (non-hydrogen) atoms. The van der Waals surface area contributed by atoms with Crippen molar-refractivity contribution in [1.82, 2.24) is 10.2 Å². The van der Waals surface area contributed by atoms with Gasteiger partial charge in [0.25, 0.3) is 0 Å². The Morgan fingerprint density at radius 1 is 1.41 bits per heavy atom. The third-order valence-electron chi connectivity index (χ3n) is 3.64. The quantitative estimate of drug-likeness (QED) is 0.519. The Kier molecular flexibility index (Phi) is 4.36. The Morgan fingerprint density at radius 3 is 2.71 bits per heavy atom. The van der Waals surface area contributed by atoms with Crippen LogP contribution in [-0.2, 0) is 14.3 Å². The summed E-state index contributed by atoms with van der Waals surface area (Å²) in [6, 6.07) is 0. The lowest BCUT2D eigenvalue weighted by atomic mass is 10.1. The second-order valence-electron chi connectivity index (χ2n) is 4.90. The SMILES string of the molecule is COC(=O)C1(CNCCN2CCOCC2)CC1. The van der Waals surface area contributed by atoms with E-state index in [0.29, 0.717) is 0 Å². The lowest BCUT2D eigenvalue weighted by Gasteiger charge is -2.26. The van der Waals surface area contributed by atoms with Crippen molar-refractivity contribution in [2.45, 2.75) is 12.8 Å². The van der Waals surface area contributed by atoms with Crippen molar-refractivity contribution in [3.63, 3.8) is 0 Å². The molecule has 0 aromatic rings. The predicted octanol–water partition coefficient (Wildman–Crippen LogP) is -0.139. The smallest absolute Gasteiger partial charge is 0.313 e. The first-order valence-corrected chi connectivity index (χ1v) is 6.36. The number of methoxy groups -OCH3 is 1. The van der Waals surface area contributed by atoms with Crippen LogP contribution in [0, 0.1) is 5.41 Å². The highest BCUT2D eigenvalue weighted by molar-refractivity contribution is 5.80. The number of nitrogens with one attached hydrogen (secondary N) is 1. The molecule has 5 heteroatoms. The van der Waals surface area contributed by atoms with Crippen LogP contribution in [0.2, 0.25) is 0 Å². The fraction of sp³-hybridized carbons (Fsp3) is 0.917. The summed E-state index contributed by atoms with van der Waals surface area (Å²) in [6.07, 6.45) is 1.93. The van der Waals surface area contributed by atoms with Crippen LogP contribution >= 0.6 is 0 Å².